The molecule has 7 heteroatoms. The maximum Gasteiger partial charge on any atom is 0.241 e. The van der Waals surface area contributed by atoms with Crippen molar-refractivity contribution in [3.63, 3.8) is 0 Å². The minimum atomic E-state index is -3.72. The molecular formula is C18H18BrN3O2S. The molecule has 1 atom stereocenters. The number of nitrogens with one attached hydrogen (secondary N) is 1. The van der Waals surface area contributed by atoms with E-state index < -0.39 is 10.0 Å². The third kappa shape index (κ3) is 4.03. The number of halogens is 1. The summed E-state index contributed by atoms with van der Waals surface area (Å²) in [4.78, 5) is 2.28. The molecule has 0 spiro atoms. The third-order valence-electron chi connectivity index (χ3n) is 4.35. The van der Waals surface area contributed by atoms with Gasteiger partial charge in [-0.2, -0.15) is 5.26 Å². The number of hydrogen-bond donors (Lipinski definition) is 1. The first-order valence-corrected chi connectivity index (χ1v) is 10.3. The van der Waals surface area contributed by atoms with Crippen LogP contribution in [0, 0.1) is 17.2 Å². The summed E-state index contributed by atoms with van der Waals surface area (Å²) in [5.41, 5.74) is 1.29. The van der Waals surface area contributed by atoms with Crippen LogP contribution in [-0.2, 0) is 10.0 Å². The number of rotatable bonds is 5. The molecule has 2 aromatic rings. The molecular weight excluding hydrogens is 402 g/mol. The Labute approximate surface area is 156 Å². The lowest BCUT2D eigenvalue weighted by Crippen LogP contribution is -2.31. The average Bonchev–Trinajstić information content (AvgIpc) is 3.10. The highest BCUT2D eigenvalue weighted by Gasteiger charge is 2.26. The summed E-state index contributed by atoms with van der Waals surface area (Å²) in [6.07, 6.45) is 0.932. The SMILES string of the molecule is N#Cc1c(Br)cccc1S(=O)(=O)NC[C@H]1CCN(c2ccccc2)C1. The standard InChI is InChI=1S/C18H18BrN3O2S/c19-17-7-4-8-18(16(17)11-20)25(23,24)21-12-14-9-10-22(13-14)15-5-2-1-3-6-15/h1-8,14,21H,9-10,12-13H2/t14-/m1/s1. The summed E-state index contributed by atoms with van der Waals surface area (Å²) in [6.45, 7) is 2.09. The first-order chi connectivity index (χ1) is 12.0. The summed E-state index contributed by atoms with van der Waals surface area (Å²) in [5.74, 6) is 0.243. The molecule has 1 aliphatic rings. The number of para-hydroxylation sites is 1. The van der Waals surface area contributed by atoms with Gasteiger partial charge in [-0.15, -0.1) is 0 Å². The Kier molecular flexibility index (Phi) is 5.42. The molecule has 0 bridgehead atoms. The summed E-state index contributed by atoms with van der Waals surface area (Å²) in [7, 11) is -3.72. The fourth-order valence-electron chi connectivity index (χ4n) is 3.01. The Bertz CT molecular complexity index is 894. The van der Waals surface area contributed by atoms with Gasteiger partial charge in [0.25, 0.3) is 0 Å². The van der Waals surface area contributed by atoms with Crippen LogP contribution in [0.2, 0.25) is 0 Å². The summed E-state index contributed by atoms with van der Waals surface area (Å²) >= 11 is 3.23. The zero-order valence-electron chi connectivity index (χ0n) is 13.5. The number of nitriles is 1. The number of sulfonamides is 1. The predicted octanol–water partition coefficient (Wildman–Crippen LogP) is 3.13. The van der Waals surface area contributed by atoms with Crippen molar-refractivity contribution in [2.45, 2.75) is 11.3 Å². The van der Waals surface area contributed by atoms with Gasteiger partial charge in [-0.25, -0.2) is 13.1 Å². The molecule has 1 fully saturated rings. The zero-order valence-corrected chi connectivity index (χ0v) is 15.9. The van der Waals surface area contributed by atoms with Crippen molar-refractivity contribution in [2.24, 2.45) is 5.92 Å². The minimum Gasteiger partial charge on any atom is -0.371 e. The Balaban J connectivity index is 1.66. The van der Waals surface area contributed by atoms with Crippen LogP contribution in [0.4, 0.5) is 5.69 Å². The van der Waals surface area contributed by atoms with Crippen molar-refractivity contribution in [3.8, 4) is 6.07 Å². The van der Waals surface area contributed by atoms with Crippen LogP contribution < -0.4 is 9.62 Å². The second-order valence-electron chi connectivity index (χ2n) is 6.01. The highest BCUT2D eigenvalue weighted by atomic mass is 79.9. The van der Waals surface area contributed by atoms with Gasteiger partial charge < -0.3 is 4.90 Å². The molecule has 5 nitrogen and oxygen atoms in total. The molecule has 25 heavy (non-hydrogen) atoms. The van der Waals surface area contributed by atoms with Gasteiger partial charge in [-0.05, 0) is 52.5 Å². The molecule has 0 amide bonds. The molecule has 0 radical (unpaired) electrons. The van der Waals surface area contributed by atoms with E-state index in [1.807, 2.05) is 24.3 Å². The van der Waals surface area contributed by atoms with Gasteiger partial charge in [0.15, 0.2) is 0 Å². The van der Waals surface area contributed by atoms with E-state index in [0.717, 1.165) is 25.2 Å². The highest BCUT2D eigenvalue weighted by molar-refractivity contribution is 9.10. The maximum atomic E-state index is 12.6. The van der Waals surface area contributed by atoms with Gasteiger partial charge in [0.2, 0.25) is 10.0 Å². The van der Waals surface area contributed by atoms with Gasteiger partial charge in [0, 0.05) is 29.8 Å². The maximum absolute atomic E-state index is 12.6. The van der Waals surface area contributed by atoms with Crippen LogP contribution in [0.5, 0.6) is 0 Å². The van der Waals surface area contributed by atoms with Crippen LogP contribution in [-0.4, -0.2) is 28.1 Å². The first kappa shape index (κ1) is 17.9. The van der Waals surface area contributed by atoms with E-state index in [0.29, 0.717) is 11.0 Å². The molecule has 1 saturated heterocycles. The van der Waals surface area contributed by atoms with Crippen LogP contribution in [0.3, 0.4) is 0 Å². The monoisotopic (exact) mass is 419 g/mol. The van der Waals surface area contributed by atoms with Crippen LogP contribution in [0.25, 0.3) is 0 Å². The van der Waals surface area contributed by atoms with Gasteiger partial charge in [0.1, 0.15) is 11.0 Å². The Hall–Kier alpha value is -1.88. The largest absolute Gasteiger partial charge is 0.371 e. The molecule has 0 unspecified atom stereocenters. The predicted molar refractivity (Wildman–Crippen MR) is 101 cm³/mol. The summed E-state index contributed by atoms with van der Waals surface area (Å²) in [5, 5.41) is 9.22. The summed E-state index contributed by atoms with van der Waals surface area (Å²) < 4.78 is 28.3. The van der Waals surface area contributed by atoms with Crippen molar-refractivity contribution in [1.82, 2.24) is 4.72 Å². The molecule has 130 valence electrons. The number of hydrogen-bond acceptors (Lipinski definition) is 4. The number of benzene rings is 2. The molecule has 1 heterocycles. The molecule has 1 aliphatic heterocycles. The van der Waals surface area contributed by atoms with Crippen LogP contribution in [0.15, 0.2) is 57.9 Å². The van der Waals surface area contributed by atoms with E-state index in [2.05, 4.69) is 37.7 Å². The summed E-state index contributed by atoms with van der Waals surface area (Å²) in [6, 6.07) is 16.8. The molecule has 0 aromatic heterocycles. The molecule has 3 rings (SSSR count). The van der Waals surface area contributed by atoms with E-state index >= 15 is 0 Å². The Morgan fingerprint density at radius 3 is 2.68 bits per heavy atom. The Morgan fingerprint density at radius 2 is 1.96 bits per heavy atom. The van der Waals surface area contributed by atoms with Crippen molar-refractivity contribution in [3.05, 3.63) is 58.6 Å². The van der Waals surface area contributed by atoms with E-state index in [4.69, 9.17) is 0 Å². The van der Waals surface area contributed by atoms with Crippen LogP contribution >= 0.6 is 15.9 Å². The van der Waals surface area contributed by atoms with Crippen molar-refractivity contribution < 1.29 is 8.42 Å². The quantitative estimate of drug-likeness (QED) is 0.807. The lowest BCUT2D eigenvalue weighted by molar-refractivity contribution is 0.541. The zero-order chi connectivity index (χ0) is 17.9. The van der Waals surface area contributed by atoms with Gasteiger partial charge >= 0.3 is 0 Å². The minimum absolute atomic E-state index is 0.0160. The fraction of sp³-hybridized carbons (Fsp3) is 0.278. The van der Waals surface area contributed by atoms with Crippen LogP contribution in [0.1, 0.15) is 12.0 Å². The Morgan fingerprint density at radius 1 is 1.20 bits per heavy atom. The molecule has 0 saturated carbocycles. The smallest absolute Gasteiger partial charge is 0.241 e. The molecule has 0 aliphatic carbocycles. The van der Waals surface area contributed by atoms with Crippen molar-refractivity contribution in [2.75, 3.05) is 24.5 Å². The third-order valence-corrected chi connectivity index (χ3v) is 6.47. The molecule has 2 aromatic carbocycles. The van der Waals surface area contributed by atoms with Crippen molar-refractivity contribution >= 4 is 31.6 Å². The lowest BCUT2D eigenvalue weighted by Gasteiger charge is -2.18. The second-order valence-corrected chi connectivity index (χ2v) is 8.60. The first-order valence-electron chi connectivity index (χ1n) is 7.99. The lowest BCUT2D eigenvalue weighted by atomic mass is 10.1. The highest BCUT2D eigenvalue weighted by Crippen LogP contribution is 2.25. The fourth-order valence-corrected chi connectivity index (χ4v) is 4.89. The number of nitrogens with zero attached hydrogens (tertiary/aromatic N) is 2. The van der Waals surface area contributed by atoms with E-state index in [-0.39, 0.29) is 16.4 Å². The second kappa shape index (κ2) is 7.56. The normalized spacial score (nSPS) is 17.4. The topological polar surface area (TPSA) is 73.2 Å². The average molecular weight is 420 g/mol. The van der Waals surface area contributed by atoms with Crippen molar-refractivity contribution in [1.29, 1.82) is 5.26 Å². The number of anilines is 1. The molecule has 1 N–H and O–H groups in total. The van der Waals surface area contributed by atoms with E-state index in [9.17, 15) is 13.7 Å². The van der Waals surface area contributed by atoms with E-state index in [1.54, 1.807) is 12.1 Å². The van der Waals surface area contributed by atoms with Gasteiger partial charge in [-0.3, -0.25) is 0 Å². The van der Waals surface area contributed by atoms with Gasteiger partial charge in [-0.1, -0.05) is 24.3 Å². The van der Waals surface area contributed by atoms with E-state index in [1.165, 1.54) is 6.07 Å². The van der Waals surface area contributed by atoms with Gasteiger partial charge in [0.05, 0.1) is 5.56 Å².